The van der Waals surface area contributed by atoms with E-state index in [4.69, 9.17) is 4.74 Å². The van der Waals surface area contributed by atoms with Crippen LogP contribution in [0.4, 0.5) is 15.8 Å². The van der Waals surface area contributed by atoms with Crippen LogP contribution in [0, 0.1) is 5.82 Å². The Kier molecular flexibility index (Phi) is 5.60. The van der Waals surface area contributed by atoms with Crippen LogP contribution in [-0.4, -0.2) is 28.5 Å². The summed E-state index contributed by atoms with van der Waals surface area (Å²) < 4.78 is 20.4. The molecule has 1 amide bonds. The van der Waals surface area contributed by atoms with E-state index in [1.807, 2.05) is 37.3 Å². The standard InChI is InChI=1S/C26H23FN4O2/c1-2-33-24-11-8-16(14-29-24)19-12-20-23(13-22(19)27)28-15-21(26(32)31-18-9-10-18)25(20)30-17-6-4-3-5-7-17/h3-8,11-15,18H,2,9-10H2,1H3,(H,28,30)(H,31,32). The van der Waals surface area contributed by atoms with E-state index < -0.39 is 5.82 Å². The second-order valence-corrected chi connectivity index (χ2v) is 7.95. The predicted octanol–water partition coefficient (Wildman–Crippen LogP) is 5.47. The van der Waals surface area contributed by atoms with Gasteiger partial charge in [-0.15, -0.1) is 0 Å². The van der Waals surface area contributed by atoms with Crippen molar-refractivity contribution in [1.29, 1.82) is 0 Å². The molecule has 0 aliphatic heterocycles. The van der Waals surface area contributed by atoms with Crippen LogP contribution in [0.2, 0.25) is 0 Å². The lowest BCUT2D eigenvalue weighted by Crippen LogP contribution is -2.26. The molecule has 2 aromatic heterocycles. The molecular formula is C26H23FN4O2. The van der Waals surface area contributed by atoms with Crippen molar-refractivity contribution in [2.75, 3.05) is 11.9 Å². The minimum absolute atomic E-state index is 0.195. The van der Waals surface area contributed by atoms with Crippen molar-refractivity contribution < 1.29 is 13.9 Å². The molecule has 1 aliphatic rings. The van der Waals surface area contributed by atoms with Gasteiger partial charge in [-0.2, -0.15) is 0 Å². The van der Waals surface area contributed by atoms with Gasteiger partial charge >= 0.3 is 0 Å². The number of hydrogen-bond donors (Lipinski definition) is 2. The Morgan fingerprint density at radius 2 is 1.91 bits per heavy atom. The molecule has 33 heavy (non-hydrogen) atoms. The maximum absolute atomic E-state index is 15.1. The zero-order chi connectivity index (χ0) is 22.8. The third-order valence-corrected chi connectivity index (χ3v) is 5.50. The third-order valence-electron chi connectivity index (χ3n) is 5.50. The van der Waals surface area contributed by atoms with E-state index >= 15 is 4.39 Å². The van der Waals surface area contributed by atoms with E-state index in [2.05, 4.69) is 20.6 Å². The highest BCUT2D eigenvalue weighted by Crippen LogP contribution is 2.35. The highest BCUT2D eigenvalue weighted by Gasteiger charge is 2.26. The molecule has 5 rings (SSSR count). The normalized spacial score (nSPS) is 13.0. The number of amides is 1. The van der Waals surface area contributed by atoms with Gasteiger partial charge in [0.05, 0.1) is 23.4 Å². The van der Waals surface area contributed by atoms with E-state index in [0.29, 0.717) is 45.8 Å². The fraction of sp³-hybridized carbons (Fsp3) is 0.192. The molecule has 6 nitrogen and oxygen atoms in total. The SMILES string of the molecule is CCOc1ccc(-c2cc3c(Nc4ccccc4)c(C(=O)NC4CC4)cnc3cc2F)cn1. The van der Waals surface area contributed by atoms with Crippen LogP contribution >= 0.6 is 0 Å². The monoisotopic (exact) mass is 442 g/mol. The number of rotatable bonds is 7. The fourth-order valence-corrected chi connectivity index (χ4v) is 3.67. The largest absolute Gasteiger partial charge is 0.478 e. The number of aromatic nitrogens is 2. The van der Waals surface area contributed by atoms with E-state index in [1.165, 1.54) is 12.3 Å². The summed E-state index contributed by atoms with van der Waals surface area (Å²) >= 11 is 0. The predicted molar refractivity (Wildman–Crippen MR) is 126 cm³/mol. The second kappa shape index (κ2) is 8.86. The van der Waals surface area contributed by atoms with Crippen molar-refractivity contribution >= 4 is 28.2 Å². The van der Waals surface area contributed by atoms with Gasteiger partial charge in [-0.3, -0.25) is 9.78 Å². The van der Waals surface area contributed by atoms with Crippen LogP contribution in [0.1, 0.15) is 30.1 Å². The number of pyridine rings is 2. The minimum atomic E-state index is -0.415. The van der Waals surface area contributed by atoms with Gasteiger partial charge in [-0.1, -0.05) is 18.2 Å². The molecule has 166 valence electrons. The summed E-state index contributed by atoms with van der Waals surface area (Å²) in [6.45, 7) is 2.38. The van der Waals surface area contributed by atoms with Crippen molar-refractivity contribution in [2.24, 2.45) is 0 Å². The molecule has 0 spiro atoms. The molecule has 0 saturated heterocycles. The molecule has 1 fully saturated rings. The van der Waals surface area contributed by atoms with Gasteiger partial charge in [-0.25, -0.2) is 9.37 Å². The first-order chi connectivity index (χ1) is 16.1. The van der Waals surface area contributed by atoms with Gasteiger partial charge in [0.15, 0.2) is 0 Å². The van der Waals surface area contributed by atoms with Gasteiger partial charge in [0.1, 0.15) is 5.82 Å². The lowest BCUT2D eigenvalue weighted by molar-refractivity contribution is 0.0951. The van der Waals surface area contributed by atoms with Crippen molar-refractivity contribution in [3.63, 3.8) is 0 Å². The Balaban J connectivity index is 1.64. The smallest absolute Gasteiger partial charge is 0.255 e. The van der Waals surface area contributed by atoms with E-state index in [9.17, 15) is 4.79 Å². The van der Waals surface area contributed by atoms with Gasteiger partial charge in [-0.05, 0) is 44.0 Å². The number of hydrogen-bond acceptors (Lipinski definition) is 5. The highest BCUT2D eigenvalue weighted by atomic mass is 19.1. The molecule has 0 unspecified atom stereocenters. The number of benzene rings is 2. The van der Waals surface area contributed by atoms with Crippen LogP contribution in [0.5, 0.6) is 5.88 Å². The number of fused-ring (bicyclic) bond motifs is 1. The van der Waals surface area contributed by atoms with E-state index in [-0.39, 0.29) is 11.9 Å². The summed E-state index contributed by atoms with van der Waals surface area (Å²) in [6, 6.07) is 16.4. The molecule has 2 heterocycles. The Morgan fingerprint density at radius 3 is 2.61 bits per heavy atom. The van der Waals surface area contributed by atoms with Crippen LogP contribution in [0.25, 0.3) is 22.0 Å². The van der Waals surface area contributed by atoms with Crippen molar-refractivity contribution in [1.82, 2.24) is 15.3 Å². The van der Waals surface area contributed by atoms with Crippen LogP contribution in [-0.2, 0) is 0 Å². The van der Waals surface area contributed by atoms with Crippen molar-refractivity contribution in [3.8, 4) is 17.0 Å². The molecular weight excluding hydrogens is 419 g/mol. The zero-order valence-corrected chi connectivity index (χ0v) is 18.1. The topological polar surface area (TPSA) is 76.1 Å². The van der Waals surface area contributed by atoms with Crippen LogP contribution in [0.15, 0.2) is 67.0 Å². The van der Waals surface area contributed by atoms with E-state index in [0.717, 1.165) is 18.5 Å². The fourth-order valence-electron chi connectivity index (χ4n) is 3.67. The molecule has 4 aromatic rings. The maximum Gasteiger partial charge on any atom is 0.255 e. The Labute approximate surface area is 190 Å². The van der Waals surface area contributed by atoms with Gasteiger partial charge < -0.3 is 15.4 Å². The zero-order valence-electron chi connectivity index (χ0n) is 18.1. The number of carbonyl (C=O) groups is 1. The van der Waals surface area contributed by atoms with Crippen molar-refractivity contribution in [3.05, 3.63) is 78.4 Å². The number of para-hydroxylation sites is 1. The number of nitrogens with zero attached hydrogens (tertiary/aromatic N) is 2. The summed E-state index contributed by atoms with van der Waals surface area (Å²) in [5, 5.41) is 7.02. The van der Waals surface area contributed by atoms with Gasteiger partial charge in [0.25, 0.3) is 5.91 Å². The molecule has 0 atom stereocenters. The summed E-state index contributed by atoms with van der Waals surface area (Å²) in [5.41, 5.74) is 3.26. The third kappa shape index (κ3) is 4.48. The maximum atomic E-state index is 15.1. The quantitative estimate of drug-likeness (QED) is 0.397. The molecule has 2 N–H and O–H groups in total. The summed E-state index contributed by atoms with van der Waals surface area (Å²) in [6.07, 6.45) is 5.04. The number of anilines is 2. The number of carbonyl (C=O) groups excluding carboxylic acids is 1. The lowest BCUT2D eigenvalue weighted by Gasteiger charge is -2.16. The second-order valence-electron chi connectivity index (χ2n) is 7.95. The summed E-state index contributed by atoms with van der Waals surface area (Å²) in [5.74, 6) is -0.129. The average Bonchev–Trinajstić information content (AvgIpc) is 3.64. The molecule has 7 heteroatoms. The minimum Gasteiger partial charge on any atom is -0.478 e. The van der Waals surface area contributed by atoms with Crippen LogP contribution in [0.3, 0.4) is 0 Å². The number of ether oxygens (including phenoxy) is 1. The molecule has 0 bridgehead atoms. The first-order valence-corrected chi connectivity index (χ1v) is 11.0. The number of nitrogens with one attached hydrogen (secondary N) is 2. The first kappa shape index (κ1) is 20.9. The van der Waals surface area contributed by atoms with Gasteiger partial charge in [0.2, 0.25) is 5.88 Å². The Morgan fingerprint density at radius 1 is 1.09 bits per heavy atom. The molecule has 1 saturated carbocycles. The average molecular weight is 442 g/mol. The summed E-state index contributed by atoms with van der Waals surface area (Å²) in [7, 11) is 0. The van der Waals surface area contributed by atoms with Gasteiger partial charge in [0, 0.05) is 52.8 Å². The number of halogens is 1. The first-order valence-electron chi connectivity index (χ1n) is 11.0. The molecule has 0 radical (unpaired) electrons. The molecule has 1 aliphatic carbocycles. The Hall–Kier alpha value is -4.00. The molecule has 2 aromatic carbocycles. The lowest BCUT2D eigenvalue weighted by atomic mass is 10.0. The Bertz CT molecular complexity index is 1310. The highest BCUT2D eigenvalue weighted by molar-refractivity contribution is 6.09. The van der Waals surface area contributed by atoms with Crippen LogP contribution < -0.4 is 15.4 Å². The van der Waals surface area contributed by atoms with E-state index in [1.54, 1.807) is 24.4 Å². The summed E-state index contributed by atoms with van der Waals surface area (Å²) in [4.78, 5) is 21.6. The van der Waals surface area contributed by atoms with Crippen molar-refractivity contribution in [2.45, 2.75) is 25.8 Å².